The van der Waals surface area contributed by atoms with Crippen molar-refractivity contribution in [2.24, 2.45) is 7.05 Å². The molecule has 4 aromatic rings. The van der Waals surface area contributed by atoms with E-state index in [4.69, 9.17) is 9.84 Å². The molecule has 4 rings (SSSR count). The number of hydrogen-bond acceptors (Lipinski definition) is 4. The molecule has 0 atom stereocenters. The highest BCUT2D eigenvalue weighted by Gasteiger charge is 2.08. The number of benzene rings is 3. The van der Waals surface area contributed by atoms with E-state index in [0.717, 1.165) is 22.6 Å². The lowest BCUT2D eigenvalue weighted by Gasteiger charge is -2.13. The van der Waals surface area contributed by atoms with E-state index in [1.54, 1.807) is 28.6 Å². The molecule has 0 saturated carbocycles. The first-order chi connectivity index (χ1) is 15.9. The number of carboxylic acids is 1. The molecule has 0 aliphatic heterocycles. The van der Waals surface area contributed by atoms with Gasteiger partial charge in [0.1, 0.15) is 11.5 Å². The maximum atomic E-state index is 10.9. The third kappa shape index (κ3) is 8.16. The fraction of sp³-hybridized carbons (Fsp3) is 0.185. The summed E-state index contributed by atoms with van der Waals surface area (Å²) in [6.07, 6.45) is 3.79. The van der Waals surface area contributed by atoms with Crippen LogP contribution >= 0.6 is 11.8 Å². The van der Waals surface area contributed by atoms with E-state index in [9.17, 15) is 4.79 Å². The molecule has 5 nitrogen and oxygen atoms in total. The maximum Gasteiger partial charge on any atom is 0.307 e. The highest BCUT2D eigenvalue weighted by atomic mass is 32.2. The lowest BCUT2D eigenvalue weighted by Crippen LogP contribution is -2.00. The van der Waals surface area contributed by atoms with Crippen molar-refractivity contribution in [1.82, 2.24) is 9.78 Å². The Balaban J connectivity index is 0.000000374. The first kappa shape index (κ1) is 24.1. The molecule has 0 saturated heterocycles. The summed E-state index contributed by atoms with van der Waals surface area (Å²) in [5.74, 6) is 1.40. The fourth-order valence-electron chi connectivity index (χ4n) is 3.16. The Hall–Kier alpha value is -3.51. The minimum Gasteiger partial charge on any atom is -0.481 e. The number of carboxylic acid groups (broad SMARTS) is 1. The lowest BCUT2D eigenvalue weighted by atomic mass is 10.1. The molecule has 170 valence electrons. The van der Waals surface area contributed by atoms with Crippen molar-refractivity contribution in [1.29, 1.82) is 0 Å². The van der Waals surface area contributed by atoms with Gasteiger partial charge >= 0.3 is 5.97 Å². The van der Waals surface area contributed by atoms with E-state index < -0.39 is 5.97 Å². The quantitative estimate of drug-likeness (QED) is 0.322. The topological polar surface area (TPSA) is 64.3 Å². The van der Waals surface area contributed by atoms with Crippen LogP contribution in [0, 0.1) is 13.8 Å². The molecule has 1 heterocycles. The highest BCUT2D eigenvalue weighted by Crippen LogP contribution is 2.32. The summed E-state index contributed by atoms with van der Waals surface area (Å²) in [6.45, 7) is 4.08. The number of hydrogen-bond donors (Lipinski definition) is 1. The van der Waals surface area contributed by atoms with Gasteiger partial charge in [-0.25, -0.2) is 0 Å². The van der Waals surface area contributed by atoms with Crippen LogP contribution in [0.15, 0.2) is 90.1 Å². The van der Waals surface area contributed by atoms with Crippen molar-refractivity contribution >= 4 is 17.7 Å². The average molecular weight is 461 g/mol. The van der Waals surface area contributed by atoms with Crippen molar-refractivity contribution in [3.8, 4) is 11.5 Å². The molecule has 0 amide bonds. The third-order valence-electron chi connectivity index (χ3n) is 4.67. The molecule has 0 bridgehead atoms. The second-order valence-corrected chi connectivity index (χ2v) is 8.77. The van der Waals surface area contributed by atoms with Gasteiger partial charge < -0.3 is 9.84 Å². The Bertz CT molecular complexity index is 1170. The smallest absolute Gasteiger partial charge is 0.307 e. The number of rotatable bonds is 7. The van der Waals surface area contributed by atoms with Crippen molar-refractivity contribution < 1.29 is 14.6 Å². The normalized spacial score (nSPS) is 10.3. The lowest BCUT2D eigenvalue weighted by molar-refractivity contribution is -0.136. The predicted octanol–water partition coefficient (Wildman–Crippen LogP) is 6.44. The van der Waals surface area contributed by atoms with Crippen LogP contribution in [-0.4, -0.2) is 20.9 Å². The maximum absolute atomic E-state index is 10.9. The summed E-state index contributed by atoms with van der Waals surface area (Å²) in [6, 6.07) is 23.6. The van der Waals surface area contributed by atoms with Gasteiger partial charge in [-0.05, 0) is 55.3 Å². The highest BCUT2D eigenvalue weighted by molar-refractivity contribution is 7.98. The van der Waals surface area contributed by atoms with Gasteiger partial charge in [0.15, 0.2) is 0 Å². The molecular formula is C27H28N2O3S. The molecule has 0 aliphatic rings. The molecule has 33 heavy (non-hydrogen) atoms. The van der Waals surface area contributed by atoms with Crippen LogP contribution in [0.2, 0.25) is 0 Å². The van der Waals surface area contributed by atoms with E-state index in [0.29, 0.717) is 5.75 Å². The molecule has 6 heteroatoms. The zero-order valence-corrected chi connectivity index (χ0v) is 19.9. The van der Waals surface area contributed by atoms with E-state index in [-0.39, 0.29) is 6.42 Å². The van der Waals surface area contributed by atoms with Gasteiger partial charge in [0, 0.05) is 29.5 Å². The largest absolute Gasteiger partial charge is 0.481 e. The van der Waals surface area contributed by atoms with Gasteiger partial charge in [-0.1, -0.05) is 48.0 Å². The molecule has 0 unspecified atom stereocenters. The minimum atomic E-state index is -0.850. The van der Waals surface area contributed by atoms with E-state index >= 15 is 0 Å². The van der Waals surface area contributed by atoms with Crippen molar-refractivity contribution in [3.05, 3.63) is 107 Å². The number of nitrogens with zero attached hydrogens (tertiary/aromatic N) is 2. The molecule has 3 aromatic carbocycles. The zero-order valence-electron chi connectivity index (χ0n) is 19.1. The van der Waals surface area contributed by atoms with Gasteiger partial charge in [0.2, 0.25) is 0 Å². The predicted molar refractivity (Wildman–Crippen MR) is 133 cm³/mol. The van der Waals surface area contributed by atoms with Gasteiger partial charge in [-0.3, -0.25) is 9.48 Å². The van der Waals surface area contributed by atoms with Crippen LogP contribution in [0.1, 0.15) is 22.3 Å². The van der Waals surface area contributed by atoms with Crippen molar-refractivity contribution in [3.63, 3.8) is 0 Å². The number of aliphatic carboxylic acids is 1. The second kappa shape index (κ2) is 11.9. The van der Waals surface area contributed by atoms with Gasteiger partial charge in [0.25, 0.3) is 0 Å². The molecule has 0 radical (unpaired) electrons. The summed E-state index contributed by atoms with van der Waals surface area (Å²) in [4.78, 5) is 12.1. The molecule has 1 N–H and O–H groups in total. The first-order valence-electron chi connectivity index (χ1n) is 10.6. The summed E-state index contributed by atoms with van der Waals surface area (Å²) < 4.78 is 7.86. The number of aryl methyl sites for hydroxylation is 3. The molecule has 0 fully saturated rings. The summed E-state index contributed by atoms with van der Waals surface area (Å²) in [5, 5.41) is 12.9. The van der Waals surface area contributed by atoms with Crippen LogP contribution in [0.5, 0.6) is 11.5 Å². The van der Waals surface area contributed by atoms with Crippen LogP contribution < -0.4 is 4.74 Å². The number of carbonyl (C=O) groups is 1. The monoisotopic (exact) mass is 460 g/mol. The zero-order chi connectivity index (χ0) is 23.6. The van der Waals surface area contributed by atoms with Crippen molar-refractivity contribution in [2.75, 3.05) is 0 Å². The summed E-state index contributed by atoms with van der Waals surface area (Å²) in [7, 11) is 1.91. The van der Waals surface area contributed by atoms with Gasteiger partial charge in [-0.15, -0.1) is 11.8 Å². The van der Waals surface area contributed by atoms with Crippen LogP contribution in [0.3, 0.4) is 0 Å². The Morgan fingerprint density at radius 3 is 2.42 bits per heavy atom. The van der Waals surface area contributed by atoms with Gasteiger partial charge in [-0.2, -0.15) is 5.10 Å². The Morgan fingerprint density at radius 1 is 1.00 bits per heavy atom. The molecule has 0 spiro atoms. The van der Waals surface area contributed by atoms with Crippen LogP contribution in [0.25, 0.3) is 0 Å². The Labute approximate surface area is 199 Å². The minimum absolute atomic E-state index is 0.0121. The number of thioether (sulfide) groups is 1. The SMILES string of the molecule is Cc1ccc(Oc2cccc(CC(=O)O)c2)c(CSc2ccccc2)c1.Cc1cnn(C)c1. The number of aromatic nitrogens is 2. The third-order valence-corrected chi connectivity index (χ3v) is 5.73. The van der Waals surface area contributed by atoms with Crippen LogP contribution in [0.4, 0.5) is 0 Å². The number of ether oxygens (including phenoxy) is 1. The Kier molecular flexibility index (Phi) is 8.72. The molecular weight excluding hydrogens is 432 g/mol. The first-order valence-corrected chi connectivity index (χ1v) is 11.6. The van der Waals surface area contributed by atoms with Crippen LogP contribution in [-0.2, 0) is 24.0 Å². The van der Waals surface area contributed by atoms with Crippen molar-refractivity contribution in [2.45, 2.75) is 30.9 Å². The molecule has 1 aromatic heterocycles. The molecule has 0 aliphatic carbocycles. The van der Waals surface area contributed by atoms with Gasteiger partial charge in [0.05, 0.1) is 12.6 Å². The second-order valence-electron chi connectivity index (χ2n) is 7.72. The average Bonchev–Trinajstić information content (AvgIpc) is 3.17. The summed E-state index contributed by atoms with van der Waals surface area (Å²) >= 11 is 1.76. The van der Waals surface area contributed by atoms with E-state index in [1.807, 2.05) is 68.8 Å². The Morgan fingerprint density at radius 2 is 1.79 bits per heavy atom. The fourth-order valence-corrected chi connectivity index (χ4v) is 4.06. The van der Waals surface area contributed by atoms with E-state index in [2.05, 4.69) is 30.2 Å². The summed E-state index contributed by atoms with van der Waals surface area (Å²) in [5.41, 5.74) is 4.23. The van der Waals surface area contributed by atoms with E-state index in [1.165, 1.54) is 16.0 Å². The standard InChI is InChI=1S/C22H20O3S.C5H8N2/c1-16-10-11-21(18(12-16)15-26-20-8-3-2-4-9-20)25-19-7-5-6-17(13-19)14-22(23)24;1-5-3-6-7(2)4-5/h2-13H,14-15H2,1H3,(H,23,24);3-4H,1-2H3.